The average Bonchev–Trinajstić information content (AvgIpc) is 2.90. The summed E-state index contributed by atoms with van der Waals surface area (Å²) in [5.41, 5.74) is 3.92. The Morgan fingerprint density at radius 3 is 2.68 bits per heavy atom. The first kappa shape index (κ1) is 16.8. The quantitative estimate of drug-likeness (QED) is 0.766. The molecule has 2 aromatic rings. The fraction of sp³-hybridized carbons (Fsp3) is 0.591. The number of hydrogen-bond donors (Lipinski definition) is 0. The van der Waals surface area contributed by atoms with Gasteiger partial charge in [0.25, 0.3) is 0 Å². The van der Waals surface area contributed by atoms with Gasteiger partial charge in [-0.1, -0.05) is 39.0 Å². The molecule has 0 unspecified atom stereocenters. The lowest BCUT2D eigenvalue weighted by atomic mass is 9.65. The molecule has 2 aliphatic rings. The van der Waals surface area contributed by atoms with E-state index < -0.39 is 0 Å². The van der Waals surface area contributed by atoms with E-state index in [1.807, 2.05) is 12.1 Å². The van der Waals surface area contributed by atoms with Crippen LogP contribution in [0.15, 0.2) is 24.3 Å². The van der Waals surface area contributed by atoms with Gasteiger partial charge in [-0.2, -0.15) is 0 Å². The molecule has 2 heterocycles. The number of nitrogens with zero attached hydrogens (tertiary/aromatic N) is 2. The van der Waals surface area contributed by atoms with E-state index >= 15 is 0 Å². The van der Waals surface area contributed by atoms with E-state index in [9.17, 15) is 4.79 Å². The average molecular weight is 338 g/mol. The third-order valence-corrected chi connectivity index (χ3v) is 6.55. The van der Waals surface area contributed by atoms with Gasteiger partial charge in [-0.25, -0.2) is 0 Å². The van der Waals surface area contributed by atoms with Crippen LogP contribution in [0, 0.1) is 17.8 Å². The van der Waals surface area contributed by atoms with Crippen molar-refractivity contribution in [3.05, 3.63) is 35.5 Å². The van der Waals surface area contributed by atoms with Gasteiger partial charge in [-0.05, 0) is 43.1 Å². The standard InChI is InChI=1S/C22H30N2O/c1-15-20(17-8-6-7-9-18(17)23(15)5)19(25)12-24-14-22(4)11-16(24)10-21(2,3)13-22/h6-9,16H,10-14H2,1-5H3/t16-,22-/m0/s1. The third-order valence-electron chi connectivity index (χ3n) is 6.55. The molecule has 0 radical (unpaired) electrons. The Kier molecular flexibility index (Phi) is 3.66. The summed E-state index contributed by atoms with van der Waals surface area (Å²) < 4.78 is 2.15. The molecule has 2 atom stereocenters. The molecule has 1 saturated heterocycles. The monoisotopic (exact) mass is 338 g/mol. The highest BCUT2D eigenvalue weighted by molar-refractivity contribution is 6.10. The summed E-state index contributed by atoms with van der Waals surface area (Å²) in [6.07, 6.45) is 3.73. The first-order valence-corrected chi connectivity index (χ1v) is 9.50. The van der Waals surface area contributed by atoms with Crippen molar-refractivity contribution in [2.45, 2.75) is 53.0 Å². The lowest BCUT2D eigenvalue weighted by Gasteiger charge is -2.39. The fourth-order valence-corrected chi connectivity index (χ4v) is 5.90. The Labute approximate surface area is 151 Å². The highest BCUT2D eigenvalue weighted by Crippen LogP contribution is 2.52. The van der Waals surface area contributed by atoms with Gasteiger partial charge in [0.1, 0.15) is 0 Å². The van der Waals surface area contributed by atoms with E-state index in [-0.39, 0.29) is 5.78 Å². The number of rotatable bonds is 3. The fourth-order valence-electron chi connectivity index (χ4n) is 5.90. The smallest absolute Gasteiger partial charge is 0.179 e. The van der Waals surface area contributed by atoms with Crippen LogP contribution < -0.4 is 0 Å². The Hall–Kier alpha value is -1.61. The van der Waals surface area contributed by atoms with Crippen molar-refractivity contribution in [1.82, 2.24) is 9.47 Å². The van der Waals surface area contributed by atoms with Gasteiger partial charge in [0.15, 0.2) is 5.78 Å². The molecular weight excluding hydrogens is 308 g/mol. The molecule has 2 fully saturated rings. The normalized spacial score (nSPS) is 28.6. The van der Waals surface area contributed by atoms with Crippen molar-refractivity contribution < 1.29 is 4.79 Å². The predicted octanol–water partition coefficient (Wildman–Crippen LogP) is 4.57. The molecule has 0 amide bonds. The predicted molar refractivity (Wildman–Crippen MR) is 103 cm³/mol. The SMILES string of the molecule is Cc1c(C(=O)CN2C[C@@]3(C)C[C@@H]2CC(C)(C)C3)c2ccccc2n1C. The van der Waals surface area contributed by atoms with Crippen molar-refractivity contribution in [2.75, 3.05) is 13.1 Å². The van der Waals surface area contributed by atoms with Crippen LogP contribution in [0.4, 0.5) is 0 Å². The number of carbonyl (C=O) groups is 1. The van der Waals surface area contributed by atoms with Crippen LogP contribution >= 0.6 is 0 Å². The maximum atomic E-state index is 13.2. The second-order valence-electron chi connectivity index (χ2n) is 9.58. The number of aryl methyl sites for hydroxylation is 1. The Balaban J connectivity index is 1.63. The lowest BCUT2D eigenvalue weighted by molar-refractivity contribution is 0.0900. The number of fused-ring (bicyclic) bond motifs is 3. The number of aromatic nitrogens is 1. The van der Waals surface area contributed by atoms with Gasteiger partial charge in [0.05, 0.1) is 6.54 Å². The van der Waals surface area contributed by atoms with Gasteiger partial charge in [0, 0.05) is 41.8 Å². The molecule has 3 heteroatoms. The van der Waals surface area contributed by atoms with E-state index in [1.165, 1.54) is 19.3 Å². The van der Waals surface area contributed by atoms with Crippen molar-refractivity contribution in [1.29, 1.82) is 0 Å². The summed E-state index contributed by atoms with van der Waals surface area (Å²) in [5, 5.41) is 1.10. The summed E-state index contributed by atoms with van der Waals surface area (Å²) in [6.45, 7) is 10.9. The molecule has 1 aliphatic heterocycles. The number of para-hydroxylation sites is 1. The zero-order chi connectivity index (χ0) is 18.0. The van der Waals surface area contributed by atoms with E-state index in [2.05, 4.69) is 56.3 Å². The number of ketones is 1. The van der Waals surface area contributed by atoms with Gasteiger partial charge < -0.3 is 4.57 Å². The highest BCUT2D eigenvalue weighted by atomic mass is 16.1. The zero-order valence-electron chi connectivity index (χ0n) is 16.2. The van der Waals surface area contributed by atoms with Crippen LogP contribution in [-0.4, -0.2) is 34.4 Å². The Morgan fingerprint density at radius 1 is 1.20 bits per heavy atom. The van der Waals surface area contributed by atoms with Crippen molar-refractivity contribution >= 4 is 16.7 Å². The molecule has 134 valence electrons. The van der Waals surface area contributed by atoms with Crippen LogP contribution in [0.1, 0.15) is 56.1 Å². The van der Waals surface area contributed by atoms with Gasteiger partial charge in [0.2, 0.25) is 0 Å². The number of hydrogen-bond acceptors (Lipinski definition) is 2. The molecule has 3 nitrogen and oxygen atoms in total. The number of likely N-dealkylation sites (tertiary alicyclic amines) is 1. The molecule has 0 N–H and O–H groups in total. The molecule has 1 aliphatic carbocycles. The van der Waals surface area contributed by atoms with E-state index in [0.29, 0.717) is 23.4 Å². The molecular formula is C22H30N2O. The minimum atomic E-state index is 0.281. The Morgan fingerprint density at radius 2 is 1.92 bits per heavy atom. The van der Waals surface area contributed by atoms with Crippen LogP contribution in [0.3, 0.4) is 0 Å². The first-order chi connectivity index (χ1) is 11.7. The molecule has 25 heavy (non-hydrogen) atoms. The van der Waals surface area contributed by atoms with Crippen molar-refractivity contribution in [2.24, 2.45) is 17.9 Å². The van der Waals surface area contributed by atoms with Crippen LogP contribution in [-0.2, 0) is 7.05 Å². The molecule has 1 aromatic carbocycles. The molecule has 4 rings (SSSR count). The van der Waals surface area contributed by atoms with Crippen LogP contribution in [0.5, 0.6) is 0 Å². The van der Waals surface area contributed by atoms with Crippen LogP contribution in [0.2, 0.25) is 0 Å². The second kappa shape index (κ2) is 5.44. The maximum Gasteiger partial charge on any atom is 0.179 e. The highest BCUT2D eigenvalue weighted by Gasteiger charge is 2.49. The summed E-state index contributed by atoms with van der Waals surface area (Å²) >= 11 is 0. The topological polar surface area (TPSA) is 25.2 Å². The van der Waals surface area contributed by atoms with Crippen molar-refractivity contribution in [3.63, 3.8) is 0 Å². The van der Waals surface area contributed by atoms with Gasteiger partial charge in [-0.3, -0.25) is 9.69 Å². The molecule has 2 bridgehead atoms. The zero-order valence-corrected chi connectivity index (χ0v) is 16.2. The minimum Gasteiger partial charge on any atom is -0.347 e. The molecule has 0 spiro atoms. The van der Waals surface area contributed by atoms with E-state index in [0.717, 1.165) is 28.7 Å². The summed E-state index contributed by atoms with van der Waals surface area (Å²) in [4.78, 5) is 15.7. The number of carbonyl (C=O) groups excluding carboxylic acids is 1. The van der Waals surface area contributed by atoms with E-state index in [1.54, 1.807) is 0 Å². The van der Waals surface area contributed by atoms with Gasteiger partial charge >= 0.3 is 0 Å². The Bertz CT molecular complexity index is 847. The number of benzene rings is 1. The summed E-state index contributed by atoms with van der Waals surface area (Å²) in [5.74, 6) is 0.281. The van der Waals surface area contributed by atoms with Gasteiger partial charge in [-0.15, -0.1) is 0 Å². The van der Waals surface area contributed by atoms with Crippen LogP contribution in [0.25, 0.3) is 10.9 Å². The van der Waals surface area contributed by atoms with Crippen molar-refractivity contribution in [3.8, 4) is 0 Å². The first-order valence-electron chi connectivity index (χ1n) is 9.50. The molecule has 1 saturated carbocycles. The molecule has 1 aromatic heterocycles. The largest absolute Gasteiger partial charge is 0.347 e. The van der Waals surface area contributed by atoms with E-state index in [4.69, 9.17) is 0 Å². The second-order valence-corrected chi connectivity index (χ2v) is 9.58. The summed E-state index contributed by atoms with van der Waals surface area (Å²) in [6, 6.07) is 8.83. The maximum absolute atomic E-state index is 13.2. The third kappa shape index (κ3) is 2.73. The summed E-state index contributed by atoms with van der Waals surface area (Å²) in [7, 11) is 2.06. The number of Topliss-reactive ketones (excluding diaryl/α,β-unsaturated/α-hetero) is 1. The minimum absolute atomic E-state index is 0.281. The lowest BCUT2D eigenvalue weighted by Crippen LogP contribution is -2.37.